The van der Waals surface area contributed by atoms with Crippen molar-refractivity contribution < 1.29 is 14.7 Å². The van der Waals surface area contributed by atoms with Gasteiger partial charge in [0.05, 0.1) is 5.56 Å². The Morgan fingerprint density at radius 1 is 1.39 bits per heavy atom. The number of hydrogen-bond acceptors (Lipinski definition) is 2. The third kappa shape index (κ3) is 2.23. The molecule has 96 valence electrons. The monoisotopic (exact) mass is 359 g/mol. The van der Waals surface area contributed by atoms with Crippen LogP contribution in [-0.4, -0.2) is 22.5 Å². The number of carboxylic acids is 1. The molecule has 0 atom stereocenters. The Morgan fingerprint density at radius 2 is 2.06 bits per heavy atom. The van der Waals surface area contributed by atoms with Crippen LogP contribution in [0.15, 0.2) is 18.2 Å². The van der Waals surface area contributed by atoms with Crippen LogP contribution in [0.3, 0.4) is 0 Å². The number of aryl methyl sites for hydroxylation is 1. The zero-order valence-electron chi connectivity index (χ0n) is 10.00. The predicted molar refractivity (Wildman–Crippen MR) is 75.6 cm³/mol. The van der Waals surface area contributed by atoms with Crippen LogP contribution in [0.1, 0.15) is 35.2 Å². The second kappa shape index (κ2) is 4.87. The van der Waals surface area contributed by atoms with Crippen LogP contribution in [0, 0.1) is 10.5 Å². The molecule has 0 bridgehead atoms. The highest BCUT2D eigenvalue weighted by Gasteiger charge is 2.45. The van der Waals surface area contributed by atoms with Gasteiger partial charge in [0.1, 0.15) is 5.54 Å². The first kappa shape index (κ1) is 13.3. The van der Waals surface area contributed by atoms with Gasteiger partial charge >= 0.3 is 5.97 Å². The van der Waals surface area contributed by atoms with E-state index in [1.807, 2.05) is 13.0 Å². The van der Waals surface area contributed by atoms with Crippen molar-refractivity contribution in [1.82, 2.24) is 5.32 Å². The van der Waals surface area contributed by atoms with E-state index in [4.69, 9.17) is 0 Å². The van der Waals surface area contributed by atoms with Crippen LogP contribution < -0.4 is 5.32 Å². The van der Waals surface area contributed by atoms with Crippen LogP contribution >= 0.6 is 22.6 Å². The molecule has 1 saturated carbocycles. The van der Waals surface area contributed by atoms with Crippen molar-refractivity contribution in [3.63, 3.8) is 0 Å². The highest BCUT2D eigenvalue weighted by Crippen LogP contribution is 2.32. The molecule has 0 saturated heterocycles. The molecule has 1 aromatic rings. The molecule has 1 aliphatic rings. The number of halogens is 1. The van der Waals surface area contributed by atoms with Gasteiger partial charge in [0, 0.05) is 3.57 Å². The van der Waals surface area contributed by atoms with E-state index in [2.05, 4.69) is 27.9 Å². The molecular weight excluding hydrogens is 345 g/mol. The molecule has 1 aromatic carbocycles. The molecule has 0 heterocycles. The van der Waals surface area contributed by atoms with Gasteiger partial charge in [0.25, 0.3) is 5.91 Å². The van der Waals surface area contributed by atoms with Crippen molar-refractivity contribution in [3.8, 4) is 0 Å². The van der Waals surface area contributed by atoms with E-state index < -0.39 is 11.5 Å². The van der Waals surface area contributed by atoms with E-state index in [0.29, 0.717) is 18.4 Å². The van der Waals surface area contributed by atoms with Gasteiger partial charge in [-0.25, -0.2) is 4.79 Å². The summed E-state index contributed by atoms with van der Waals surface area (Å²) in [7, 11) is 0. The number of benzene rings is 1. The minimum absolute atomic E-state index is 0.301. The highest BCUT2D eigenvalue weighted by atomic mass is 127. The molecule has 0 aromatic heterocycles. The number of carboxylic acid groups (broad SMARTS) is 1. The summed E-state index contributed by atoms with van der Waals surface area (Å²) in [5.41, 5.74) is 0.508. The molecular formula is C13H14INO3. The largest absolute Gasteiger partial charge is 0.480 e. The van der Waals surface area contributed by atoms with E-state index in [9.17, 15) is 14.7 Å². The number of amides is 1. The maximum atomic E-state index is 12.2. The minimum Gasteiger partial charge on any atom is -0.480 e. The van der Waals surface area contributed by atoms with Crippen LogP contribution in [0.4, 0.5) is 0 Å². The predicted octanol–water partition coefficient (Wildman–Crippen LogP) is 2.34. The smallest absolute Gasteiger partial charge is 0.329 e. The zero-order chi connectivity index (χ0) is 13.3. The highest BCUT2D eigenvalue weighted by molar-refractivity contribution is 14.1. The van der Waals surface area contributed by atoms with E-state index in [-0.39, 0.29) is 5.91 Å². The molecule has 1 fully saturated rings. The first-order chi connectivity index (χ1) is 8.46. The summed E-state index contributed by atoms with van der Waals surface area (Å²) in [6.07, 6.45) is 1.87. The number of aliphatic carboxylic acids is 1. The van der Waals surface area contributed by atoms with Crippen molar-refractivity contribution in [2.24, 2.45) is 0 Å². The molecule has 5 heteroatoms. The Bertz CT molecular complexity index is 509. The van der Waals surface area contributed by atoms with Crippen molar-refractivity contribution in [2.45, 2.75) is 31.7 Å². The normalized spacial score (nSPS) is 16.8. The lowest BCUT2D eigenvalue weighted by Gasteiger charge is -2.38. The minimum atomic E-state index is -1.05. The SMILES string of the molecule is Cc1cccc(C(=O)NC2(C(=O)O)CCC2)c1I. The molecule has 2 N–H and O–H groups in total. The van der Waals surface area contributed by atoms with Crippen LogP contribution in [0.25, 0.3) is 0 Å². The Balaban J connectivity index is 2.22. The summed E-state index contributed by atoms with van der Waals surface area (Å²) in [5.74, 6) is -1.24. The fraction of sp³-hybridized carbons (Fsp3) is 0.385. The van der Waals surface area contributed by atoms with E-state index >= 15 is 0 Å². The number of carbonyl (C=O) groups is 2. The number of nitrogens with one attached hydrogen (secondary N) is 1. The lowest BCUT2D eigenvalue weighted by Crippen LogP contribution is -2.59. The summed E-state index contributed by atoms with van der Waals surface area (Å²) in [6, 6.07) is 5.45. The molecule has 1 aliphatic carbocycles. The maximum Gasteiger partial charge on any atom is 0.329 e. The molecule has 1 amide bonds. The van der Waals surface area contributed by atoms with Gasteiger partial charge in [-0.15, -0.1) is 0 Å². The Kier molecular flexibility index (Phi) is 3.61. The van der Waals surface area contributed by atoms with Gasteiger partial charge in [0.2, 0.25) is 0 Å². The van der Waals surface area contributed by atoms with Crippen molar-refractivity contribution in [3.05, 3.63) is 32.9 Å². The lowest BCUT2D eigenvalue weighted by molar-refractivity contribution is -0.148. The van der Waals surface area contributed by atoms with Crippen LogP contribution in [-0.2, 0) is 4.79 Å². The van der Waals surface area contributed by atoms with Crippen molar-refractivity contribution in [2.75, 3.05) is 0 Å². The Labute approximate surface area is 119 Å². The molecule has 18 heavy (non-hydrogen) atoms. The summed E-state index contributed by atoms with van der Waals surface area (Å²) < 4.78 is 0.868. The number of hydrogen-bond donors (Lipinski definition) is 2. The number of rotatable bonds is 3. The zero-order valence-corrected chi connectivity index (χ0v) is 12.2. The van der Waals surface area contributed by atoms with Crippen molar-refractivity contribution >= 4 is 34.5 Å². The van der Waals surface area contributed by atoms with Gasteiger partial charge in [-0.05, 0) is 60.4 Å². The quantitative estimate of drug-likeness (QED) is 0.815. The summed E-state index contributed by atoms with van der Waals surface area (Å²) in [5, 5.41) is 11.9. The first-order valence-electron chi connectivity index (χ1n) is 5.77. The topological polar surface area (TPSA) is 66.4 Å². The standard InChI is InChI=1S/C13H14INO3/c1-8-4-2-5-9(10(8)14)11(16)15-13(12(17)18)6-3-7-13/h2,4-5H,3,6-7H2,1H3,(H,15,16)(H,17,18). The van der Waals surface area contributed by atoms with Gasteiger partial charge < -0.3 is 10.4 Å². The fourth-order valence-corrected chi connectivity index (χ4v) is 2.63. The average Bonchev–Trinajstić information content (AvgIpc) is 2.26. The molecule has 0 spiro atoms. The van der Waals surface area contributed by atoms with Gasteiger partial charge in [-0.3, -0.25) is 4.79 Å². The summed E-state index contributed by atoms with van der Waals surface area (Å²) in [4.78, 5) is 23.4. The van der Waals surface area contributed by atoms with E-state index in [1.54, 1.807) is 12.1 Å². The van der Waals surface area contributed by atoms with Gasteiger partial charge in [-0.2, -0.15) is 0 Å². The Morgan fingerprint density at radius 3 is 2.56 bits per heavy atom. The van der Waals surface area contributed by atoms with Gasteiger partial charge in [-0.1, -0.05) is 12.1 Å². The fourth-order valence-electron chi connectivity index (χ4n) is 2.03. The molecule has 2 rings (SSSR count). The second-order valence-corrected chi connectivity index (χ2v) is 5.71. The molecule has 4 nitrogen and oxygen atoms in total. The lowest BCUT2D eigenvalue weighted by atomic mass is 9.76. The van der Waals surface area contributed by atoms with Crippen LogP contribution in [0.5, 0.6) is 0 Å². The third-order valence-electron chi connectivity index (χ3n) is 3.41. The molecule has 0 radical (unpaired) electrons. The van der Waals surface area contributed by atoms with Crippen LogP contribution in [0.2, 0.25) is 0 Å². The van der Waals surface area contributed by atoms with E-state index in [1.165, 1.54) is 0 Å². The summed E-state index contributed by atoms with van der Waals surface area (Å²) >= 11 is 2.11. The summed E-state index contributed by atoms with van der Waals surface area (Å²) in [6.45, 7) is 1.93. The molecule has 0 unspecified atom stereocenters. The maximum absolute atomic E-state index is 12.2. The average molecular weight is 359 g/mol. The number of carbonyl (C=O) groups excluding carboxylic acids is 1. The van der Waals surface area contributed by atoms with Gasteiger partial charge in [0.15, 0.2) is 0 Å². The van der Waals surface area contributed by atoms with Crippen molar-refractivity contribution in [1.29, 1.82) is 0 Å². The third-order valence-corrected chi connectivity index (χ3v) is 4.84. The first-order valence-corrected chi connectivity index (χ1v) is 6.85. The van der Waals surface area contributed by atoms with E-state index in [0.717, 1.165) is 15.6 Å². The second-order valence-electron chi connectivity index (χ2n) is 4.63. The molecule has 0 aliphatic heterocycles. The Hall–Kier alpha value is -1.11.